The van der Waals surface area contributed by atoms with Crippen LogP contribution in [0.3, 0.4) is 0 Å². The van der Waals surface area contributed by atoms with E-state index in [1.807, 2.05) is 41.1 Å². The molecule has 0 aliphatic carbocycles. The lowest BCUT2D eigenvalue weighted by Gasteiger charge is -2.02. The SMILES string of the molecule is O=C1Cc2cc([N+]3=CC(c4ccccc4)NN3)ccc2N1. The fraction of sp³-hybridized carbons (Fsp3) is 0.125. The first-order chi connectivity index (χ1) is 10.3. The molecule has 0 radical (unpaired) electrons. The summed E-state index contributed by atoms with van der Waals surface area (Å²) in [6.45, 7) is 0. The molecule has 2 aliphatic rings. The third-order valence-electron chi connectivity index (χ3n) is 3.79. The van der Waals surface area contributed by atoms with Crippen LogP contribution in [0.2, 0.25) is 0 Å². The predicted octanol–water partition coefficient (Wildman–Crippen LogP) is 1.66. The van der Waals surface area contributed by atoms with Gasteiger partial charge in [-0.2, -0.15) is 5.43 Å². The highest BCUT2D eigenvalue weighted by molar-refractivity contribution is 5.99. The van der Waals surface area contributed by atoms with Crippen molar-refractivity contribution in [2.45, 2.75) is 12.5 Å². The van der Waals surface area contributed by atoms with Gasteiger partial charge in [0.2, 0.25) is 17.8 Å². The molecule has 0 saturated heterocycles. The van der Waals surface area contributed by atoms with Crippen LogP contribution in [-0.4, -0.2) is 16.8 Å². The Labute approximate surface area is 122 Å². The maximum atomic E-state index is 11.4. The first-order valence-corrected chi connectivity index (χ1v) is 6.93. The van der Waals surface area contributed by atoms with Crippen molar-refractivity contribution in [3.63, 3.8) is 0 Å². The third-order valence-corrected chi connectivity index (χ3v) is 3.79. The van der Waals surface area contributed by atoms with E-state index in [1.54, 1.807) is 0 Å². The zero-order chi connectivity index (χ0) is 14.2. The number of nitrogens with one attached hydrogen (secondary N) is 3. The van der Waals surface area contributed by atoms with Crippen molar-refractivity contribution >= 4 is 23.5 Å². The predicted molar refractivity (Wildman–Crippen MR) is 80.2 cm³/mol. The van der Waals surface area contributed by atoms with Crippen molar-refractivity contribution in [2.24, 2.45) is 0 Å². The van der Waals surface area contributed by atoms with Crippen LogP contribution in [-0.2, 0) is 11.2 Å². The first kappa shape index (κ1) is 12.1. The molecule has 1 amide bonds. The molecule has 2 heterocycles. The molecule has 4 rings (SSSR count). The lowest BCUT2D eigenvalue weighted by atomic mass is 10.1. The Bertz CT molecular complexity index is 739. The number of anilines is 1. The molecule has 2 aromatic carbocycles. The molecule has 3 N–H and O–H groups in total. The van der Waals surface area contributed by atoms with Crippen molar-refractivity contribution in [1.82, 2.24) is 11.0 Å². The van der Waals surface area contributed by atoms with E-state index >= 15 is 0 Å². The summed E-state index contributed by atoms with van der Waals surface area (Å²) in [5.74, 6) is 0.0563. The van der Waals surface area contributed by atoms with Gasteiger partial charge in [-0.25, -0.2) is 0 Å². The molecule has 5 heteroatoms. The highest BCUT2D eigenvalue weighted by Crippen LogP contribution is 2.27. The smallest absolute Gasteiger partial charge is 0.236 e. The van der Waals surface area contributed by atoms with Gasteiger partial charge in [-0.15, -0.1) is 5.53 Å². The number of benzene rings is 2. The maximum absolute atomic E-state index is 11.4. The number of rotatable bonds is 2. The summed E-state index contributed by atoms with van der Waals surface area (Å²) in [6.07, 6.45) is 2.54. The Kier molecular flexibility index (Phi) is 2.72. The second-order valence-corrected chi connectivity index (χ2v) is 5.23. The van der Waals surface area contributed by atoms with Crippen LogP contribution >= 0.6 is 0 Å². The van der Waals surface area contributed by atoms with Gasteiger partial charge in [0.1, 0.15) is 6.04 Å². The quantitative estimate of drug-likeness (QED) is 0.733. The van der Waals surface area contributed by atoms with Crippen molar-refractivity contribution in [3.8, 4) is 0 Å². The largest absolute Gasteiger partial charge is 0.326 e. The summed E-state index contributed by atoms with van der Waals surface area (Å²) in [7, 11) is 0. The molecule has 21 heavy (non-hydrogen) atoms. The van der Waals surface area contributed by atoms with Crippen molar-refractivity contribution < 1.29 is 9.48 Å². The lowest BCUT2D eigenvalue weighted by Crippen LogP contribution is -2.31. The Balaban J connectivity index is 1.63. The number of nitrogens with zero attached hydrogens (tertiary/aromatic N) is 1. The molecule has 1 atom stereocenters. The first-order valence-electron chi connectivity index (χ1n) is 6.93. The molecule has 1 unspecified atom stereocenters. The number of hydrogen-bond acceptors (Lipinski definition) is 3. The highest BCUT2D eigenvalue weighted by Gasteiger charge is 2.26. The minimum atomic E-state index is 0.0563. The van der Waals surface area contributed by atoms with E-state index in [4.69, 9.17) is 0 Å². The van der Waals surface area contributed by atoms with Crippen LogP contribution in [0.25, 0.3) is 0 Å². The summed E-state index contributed by atoms with van der Waals surface area (Å²) in [6, 6.07) is 16.3. The average molecular weight is 279 g/mol. The van der Waals surface area contributed by atoms with E-state index in [1.165, 1.54) is 5.56 Å². The summed E-state index contributed by atoms with van der Waals surface area (Å²) < 4.78 is 1.95. The number of fused-ring (bicyclic) bond motifs is 1. The molecule has 2 aliphatic heterocycles. The summed E-state index contributed by atoms with van der Waals surface area (Å²) in [4.78, 5) is 11.4. The summed E-state index contributed by atoms with van der Waals surface area (Å²) in [5.41, 5.74) is 10.5. The number of hydrazone groups is 1. The van der Waals surface area contributed by atoms with E-state index in [-0.39, 0.29) is 11.9 Å². The van der Waals surface area contributed by atoms with E-state index in [0.29, 0.717) is 6.42 Å². The molecular formula is C16H15N4O+. The molecule has 0 spiro atoms. The fourth-order valence-electron chi connectivity index (χ4n) is 2.71. The second-order valence-electron chi connectivity index (χ2n) is 5.23. The van der Waals surface area contributed by atoms with Gasteiger partial charge in [0.25, 0.3) is 0 Å². The monoisotopic (exact) mass is 279 g/mol. The minimum absolute atomic E-state index is 0.0563. The van der Waals surface area contributed by atoms with Gasteiger partial charge in [0.15, 0.2) is 0 Å². The summed E-state index contributed by atoms with van der Waals surface area (Å²) >= 11 is 0. The summed E-state index contributed by atoms with van der Waals surface area (Å²) in [5, 5.41) is 2.85. The van der Waals surface area contributed by atoms with Gasteiger partial charge in [0, 0.05) is 17.8 Å². The van der Waals surface area contributed by atoms with Crippen LogP contribution < -0.4 is 16.3 Å². The van der Waals surface area contributed by atoms with Crippen molar-refractivity contribution in [2.75, 3.05) is 5.32 Å². The topological polar surface area (TPSA) is 56.2 Å². The second kappa shape index (κ2) is 4.71. The Hall–Kier alpha value is -2.66. The van der Waals surface area contributed by atoms with Gasteiger partial charge >= 0.3 is 0 Å². The lowest BCUT2D eigenvalue weighted by molar-refractivity contribution is -0.502. The van der Waals surface area contributed by atoms with E-state index in [0.717, 1.165) is 16.9 Å². The molecule has 0 aromatic heterocycles. The fourth-order valence-corrected chi connectivity index (χ4v) is 2.71. The Morgan fingerprint density at radius 1 is 1.10 bits per heavy atom. The number of hydrogen-bond donors (Lipinski definition) is 3. The number of hydrazine groups is 2. The van der Waals surface area contributed by atoms with Gasteiger partial charge in [-0.05, 0) is 17.2 Å². The number of carbonyl (C=O) groups excluding carboxylic acids is 1. The normalized spacial score (nSPS) is 19.7. The number of amides is 1. The highest BCUT2D eigenvalue weighted by atomic mass is 16.1. The van der Waals surface area contributed by atoms with E-state index in [9.17, 15) is 4.79 Å². The third kappa shape index (κ3) is 2.17. The molecule has 104 valence electrons. The van der Waals surface area contributed by atoms with Gasteiger partial charge in [0.05, 0.1) is 6.42 Å². The van der Waals surface area contributed by atoms with Gasteiger partial charge < -0.3 is 5.32 Å². The van der Waals surface area contributed by atoms with Crippen molar-refractivity contribution in [1.29, 1.82) is 0 Å². The molecule has 2 aromatic rings. The van der Waals surface area contributed by atoms with E-state index in [2.05, 4.69) is 34.6 Å². The number of carbonyl (C=O) groups is 1. The van der Waals surface area contributed by atoms with Gasteiger partial charge in [-0.1, -0.05) is 35.0 Å². The Morgan fingerprint density at radius 3 is 2.81 bits per heavy atom. The van der Waals surface area contributed by atoms with Crippen LogP contribution in [0.1, 0.15) is 17.2 Å². The average Bonchev–Trinajstić information content (AvgIpc) is 3.12. The molecule has 5 nitrogen and oxygen atoms in total. The van der Waals surface area contributed by atoms with Crippen LogP contribution in [0.15, 0.2) is 48.5 Å². The zero-order valence-electron chi connectivity index (χ0n) is 11.3. The van der Waals surface area contributed by atoms with Crippen molar-refractivity contribution in [3.05, 3.63) is 59.7 Å². The molecule has 0 fully saturated rings. The molecule has 0 bridgehead atoms. The van der Waals surface area contributed by atoms with Crippen LogP contribution in [0.4, 0.5) is 11.4 Å². The minimum Gasteiger partial charge on any atom is -0.326 e. The molecular weight excluding hydrogens is 264 g/mol. The van der Waals surface area contributed by atoms with E-state index < -0.39 is 0 Å². The standard InChI is InChI=1S/C16H14N4O/c21-16-9-12-8-13(6-7-14(12)17-16)20-10-15(18-19-20)11-4-2-1-3-5-11/h1-8,10,15,18-19H,9H2/p+1. The van der Waals surface area contributed by atoms with Crippen LogP contribution in [0.5, 0.6) is 0 Å². The maximum Gasteiger partial charge on any atom is 0.236 e. The Morgan fingerprint density at radius 2 is 1.95 bits per heavy atom. The van der Waals surface area contributed by atoms with Crippen LogP contribution in [0, 0.1) is 0 Å². The zero-order valence-corrected chi connectivity index (χ0v) is 11.3. The molecule has 0 saturated carbocycles. The van der Waals surface area contributed by atoms with Gasteiger partial charge in [-0.3, -0.25) is 4.79 Å².